The molecule has 0 radical (unpaired) electrons. The van der Waals surface area contributed by atoms with Gasteiger partial charge in [-0.2, -0.15) is 0 Å². The third-order valence-electron chi connectivity index (χ3n) is 3.77. The van der Waals surface area contributed by atoms with E-state index in [2.05, 4.69) is 4.98 Å². The van der Waals surface area contributed by atoms with Crippen LogP contribution in [0.2, 0.25) is 0 Å². The van der Waals surface area contributed by atoms with E-state index in [1.54, 1.807) is 0 Å². The van der Waals surface area contributed by atoms with Crippen LogP contribution < -0.4 is 17.0 Å². The maximum atomic E-state index is 12.3. The summed E-state index contributed by atoms with van der Waals surface area (Å²) in [4.78, 5) is 50.9. The van der Waals surface area contributed by atoms with E-state index in [4.69, 9.17) is 10.5 Å². The zero-order valence-electron chi connectivity index (χ0n) is 15.1. The molecule has 8 nitrogen and oxygen atoms in total. The number of H-pyrrole nitrogens is 1. The van der Waals surface area contributed by atoms with E-state index in [1.807, 2.05) is 38.1 Å². The van der Waals surface area contributed by atoms with E-state index in [0.29, 0.717) is 6.42 Å². The maximum Gasteiger partial charge on any atom is 0.329 e. The Balaban J connectivity index is 2.02. The molecule has 0 bridgehead atoms. The van der Waals surface area contributed by atoms with Gasteiger partial charge in [0.25, 0.3) is 5.56 Å². The second kappa shape index (κ2) is 9.22. The monoisotopic (exact) mass is 391 g/mol. The molecule has 1 heterocycles. The van der Waals surface area contributed by atoms with Gasteiger partial charge in [-0.15, -0.1) is 11.8 Å². The van der Waals surface area contributed by atoms with Crippen molar-refractivity contribution < 1.29 is 14.3 Å². The molecule has 0 amide bonds. The highest BCUT2D eigenvalue weighted by molar-refractivity contribution is 8.00. The Kier molecular flexibility index (Phi) is 7.00. The van der Waals surface area contributed by atoms with Gasteiger partial charge in [0.15, 0.2) is 6.61 Å². The van der Waals surface area contributed by atoms with Crippen molar-refractivity contribution in [1.82, 2.24) is 9.55 Å². The summed E-state index contributed by atoms with van der Waals surface area (Å²) in [7, 11) is 0. The Labute approximate surface area is 159 Å². The fourth-order valence-electron chi connectivity index (χ4n) is 2.42. The molecule has 9 heteroatoms. The first kappa shape index (κ1) is 20.5. The number of thioether (sulfide) groups is 1. The molecule has 0 aliphatic carbocycles. The van der Waals surface area contributed by atoms with Crippen LogP contribution >= 0.6 is 11.8 Å². The minimum Gasteiger partial charge on any atom is -0.457 e. The number of hydrogen-bond acceptors (Lipinski definition) is 7. The number of aromatic nitrogens is 2. The Morgan fingerprint density at radius 3 is 2.63 bits per heavy atom. The predicted octanol–water partition coefficient (Wildman–Crippen LogP) is 1.36. The fourth-order valence-corrected chi connectivity index (χ4v) is 3.24. The summed E-state index contributed by atoms with van der Waals surface area (Å²) >= 11 is 1.30. The summed E-state index contributed by atoms with van der Waals surface area (Å²) in [6, 6.07) is 7.58. The zero-order valence-corrected chi connectivity index (χ0v) is 15.9. The van der Waals surface area contributed by atoms with Gasteiger partial charge in [-0.3, -0.25) is 23.9 Å². The molecule has 2 rings (SSSR count). The topological polar surface area (TPSA) is 124 Å². The Bertz CT molecular complexity index is 964. The highest BCUT2D eigenvalue weighted by Gasteiger charge is 2.20. The van der Waals surface area contributed by atoms with E-state index in [-0.39, 0.29) is 23.7 Å². The number of nitrogen functional groups attached to an aromatic ring is 1. The number of carbonyl (C=O) groups excluding carboxylic acids is 2. The number of rotatable bonds is 8. The van der Waals surface area contributed by atoms with E-state index in [0.717, 1.165) is 15.0 Å². The van der Waals surface area contributed by atoms with Crippen molar-refractivity contribution in [3.05, 3.63) is 56.2 Å². The summed E-state index contributed by atoms with van der Waals surface area (Å²) in [6.07, 6.45) is 0.592. The molecule has 0 saturated carbocycles. The van der Waals surface area contributed by atoms with Gasteiger partial charge in [0, 0.05) is 11.4 Å². The van der Waals surface area contributed by atoms with E-state index in [9.17, 15) is 19.2 Å². The first-order valence-corrected chi connectivity index (χ1v) is 9.33. The van der Waals surface area contributed by atoms with Gasteiger partial charge in [-0.25, -0.2) is 4.79 Å². The summed E-state index contributed by atoms with van der Waals surface area (Å²) in [5.74, 6) is -1.54. The van der Waals surface area contributed by atoms with Crippen molar-refractivity contribution in [3.8, 4) is 0 Å². The van der Waals surface area contributed by atoms with Gasteiger partial charge in [0.1, 0.15) is 11.4 Å². The lowest BCUT2D eigenvalue weighted by atomic mass is 10.2. The SMILES string of the molecule is CCCn1c(N)c(C(=O)COC(=O)CSc2ccccc2C)c(=O)[nH]c1=O. The number of benzene rings is 1. The van der Waals surface area contributed by atoms with Gasteiger partial charge in [-0.05, 0) is 25.0 Å². The van der Waals surface area contributed by atoms with E-state index < -0.39 is 29.6 Å². The van der Waals surface area contributed by atoms with Crippen molar-refractivity contribution in [2.45, 2.75) is 31.7 Å². The average molecular weight is 391 g/mol. The number of ether oxygens (including phenoxy) is 1. The van der Waals surface area contributed by atoms with E-state index in [1.165, 1.54) is 11.8 Å². The average Bonchev–Trinajstić information content (AvgIpc) is 2.62. The number of carbonyl (C=O) groups is 2. The molecule has 0 aliphatic rings. The van der Waals surface area contributed by atoms with Crippen molar-refractivity contribution >= 4 is 29.3 Å². The molecule has 0 fully saturated rings. The number of aromatic amines is 1. The Morgan fingerprint density at radius 2 is 1.96 bits per heavy atom. The van der Waals surface area contributed by atoms with Crippen molar-refractivity contribution in [3.63, 3.8) is 0 Å². The lowest BCUT2D eigenvalue weighted by Crippen LogP contribution is -2.37. The number of hydrogen-bond donors (Lipinski definition) is 2. The van der Waals surface area contributed by atoms with Crippen LogP contribution in [0, 0.1) is 6.92 Å². The molecule has 0 atom stereocenters. The van der Waals surface area contributed by atoms with E-state index >= 15 is 0 Å². The minimum atomic E-state index is -0.889. The van der Waals surface area contributed by atoms with Crippen LogP contribution in [0.4, 0.5) is 5.82 Å². The Morgan fingerprint density at radius 1 is 1.26 bits per heavy atom. The van der Waals surface area contributed by atoms with Gasteiger partial charge in [0.2, 0.25) is 5.78 Å². The lowest BCUT2D eigenvalue weighted by molar-refractivity contribution is -0.139. The first-order valence-electron chi connectivity index (χ1n) is 8.35. The van der Waals surface area contributed by atoms with Crippen LogP contribution in [0.5, 0.6) is 0 Å². The lowest BCUT2D eigenvalue weighted by Gasteiger charge is -2.11. The van der Waals surface area contributed by atoms with Crippen molar-refractivity contribution in [1.29, 1.82) is 0 Å². The largest absolute Gasteiger partial charge is 0.457 e. The third-order valence-corrected chi connectivity index (χ3v) is 4.92. The molecule has 27 heavy (non-hydrogen) atoms. The Hall–Kier alpha value is -2.81. The molecule has 1 aromatic heterocycles. The second-order valence-electron chi connectivity index (χ2n) is 5.81. The van der Waals surface area contributed by atoms with Crippen molar-refractivity contribution in [2.75, 3.05) is 18.1 Å². The highest BCUT2D eigenvalue weighted by Crippen LogP contribution is 2.21. The fraction of sp³-hybridized carbons (Fsp3) is 0.333. The molecule has 0 saturated heterocycles. The molecule has 144 valence electrons. The van der Waals surface area contributed by atoms with Crippen LogP contribution in [0.1, 0.15) is 29.3 Å². The molecule has 3 N–H and O–H groups in total. The summed E-state index contributed by atoms with van der Waals surface area (Å²) in [6.45, 7) is 3.39. The van der Waals surface area contributed by atoms with Crippen LogP contribution in [0.25, 0.3) is 0 Å². The van der Waals surface area contributed by atoms with Gasteiger partial charge in [-0.1, -0.05) is 25.1 Å². The number of ketones is 1. The number of aryl methyl sites for hydroxylation is 1. The minimum absolute atomic E-state index is 0.0271. The molecular formula is C18H21N3O5S. The molecular weight excluding hydrogens is 370 g/mol. The zero-order chi connectivity index (χ0) is 20.0. The van der Waals surface area contributed by atoms with Gasteiger partial charge >= 0.3 is 11.7 Å². The molecule has 1 aromatic carbocycles. The quantitative estimate of drug-likeness (QED) is 0.395. The van der Waals surface area contributed by atoms with Gasteiger partial charge < -0.3 is 10.5 Å². The molecule has 2 aromatic rings. The number of Topliss-reactive ketones (excluding diaryl/α,β-unsaturated/α-hetero) is 1. The molecule has 0 aliphatic heterocycles. The maximum absolute atomic E-state index is 12.3. The number of nitrogens with zero attached hydrogens (tertiary/aromatic N) is 1. The van der Waals surface area contributed by atoms with Crippen LogP contribution in [0.3, 0.4) is 0 Å². The molecule has 0 spiro atoms. The predicted molar refractivity (Wildman–Crippen MR) is 103 cm³/mol. The van der Waals surface area contributed by atoms with Gasteiger partial charge in [0.05, 0.1) is 5.75 Å². The normalized spacial score (nSPS) is 10.6. The standard InChI is InChI=1S/C18H21N3O5S/c1-3-8-21-16(19)15(17(24)20-18(21)25)12(22)9-26-14(23)10-27-13-7-5-4-6-11(13)2/h4-7H,3,8-10,19H2,1-2H3,(H,20,24,25). The number of nitrogens with one attached hydrogen (secondary N) is 1. The first-order chi connectivity index (χ1) is 12.8. The third kappa shape index (κ3) is 5.10. The summed E-state index contributed by atoms with van der Waals surface area (Å²) < 4.78 is 6.07. The second-order valence-corrected chi connectivity index (χ2v) is 6.83. The van der Waals surface area contributed by atoms with Crippen LogP contribution in [-0.2, 0) is 16.1 Å². The summed E-state index contributed by atoms with van der Waals surface area (Å²) in [5, 5.41) is 0. The number of nitrogens with two attached hydrogens (primary N) is 1. The number of esters is 1. The summed E-state index contributed by atoms with van der Waals surface area (Å²) in [5.41, 5.74) is 4.90. The highest BCUT2D eigenvalue weighted by atomic mass is 32.2. The van der Waals surface area contributed by atoms with Crippen LogP contribution in [0.15, 0.2) is 38.8 Å². The van der Waals surface area contributed by atoms with Crippen LogP contribution in [-0.4, -0.2) is 33.7 Å². The van der Waals surface area contributed by atoms with Crippen molar-refractivity contribution in [2.24, 2.45) is 0 Å². The smallest absolute Gasteiger partial charge is 0.329 e. The molecule has 0 unspecified atom stereocenters. The number of anilines is 1.